The number of piperazine rings is 1. The van der Waals surface area contributed by atoms with Gasteiger partial charge in [-0.05, 0) is 33.9 Å². The van der Waals surface area contributed by atoms with Crippen molar-refractivity contribution in [2.24, 2.45) is 0 Å². The van der Waals surface area contributed by atoms with Crippen molar-refractivity contribution in [3.8, 4) is 0 Å². The van der Waals surface area contributed by atoms with Crippen molar-refractivity contribution in [3.63, 3.8) is 0 Å². The molecule has 0 bridgehead atoms. The third-order valence-electron chi connectivity index (χ3n) is 4.09. The maximum Gasteiger partial charge on any atom is 0.0781 e. The number of aliphatic hydroxyl groups is 1. The second kappa shape index (κ2) is 5.29. The molecule has 1 saturated heterocycles. The molecule has 3 nitrogen and oxygen atoms in total. The van der Waals surface area contributed by atoms with Crippen LogP contribution >= 0.6 is 0 Å². The lowest BCUT2D eigenvalue weighted by molar-refractivity contribution is 0.168. The molecule has 0 aromatic heterocycles. The predicted octanol–water partition coefficient (Wildman–Crippen LogP) is 2.27. The molecule has 3 heteroatoms. The lowest BCUT2D eigenvalue weighted by Gasteiger charge is -2.44. The summed E-state index contributed by atoms with van der Waals surface area (Å²) >= 11 is 0. The molecular weight excluding hydrogens is 224 g/mol. The Morgan fingerprint density at radius 1 is 1.17 bits per heavy atom. The number of hydrogen-bond donors (Lipinski definition) is 1. The van der Waals surface area contributed by atoms with Crippen LogP contribution in [0, 0.1) is 0 Å². The van der Waals surface area contributed by atoms with E-state index in [9.17, 15) is 5.11 Å². The number of rotatable bonds is 2. The molecule has 1 fully saturated rings. The minimum absolute atomic E-state index is 0.411. The van der Waals surface area contributed by atoms with Crippen LogP contribution in [0.3, 0.4) is 0 Å². The molecule has 18 heavy (non-hydrogen) atoms. The van der Waals surface area contributed by atoms with Crippen molar-refractivity contribution in [3.05, 3.63) is 29.8 Å². The molecule has 3 unspecified atom stereocenters. The third-order valence-corrected chi connectivity index (χ3v) is 4.09. The van der Waals surface area contributed by atoms with E-state index in [0.29, 0.717) is 12.1 Å². The molecule has 1 aromatic carbocycles. The van der Waals surface area contributed by atoms with Gasteiger partial charge < -0.3 is 10.0 Å². The van der Waals surface area contributed by atoms with Crippen molar-refractivity contribution in [2.45, 2.75) is 39.0 Å². The van der Waals surface area contributed by atoms with Gasteiger partial charge in [0.2, 0.25) is 0 Å². The summed E-state index contributed by atoms with van der Waals surface area (Å²) in [7, 11) is 2.19. The van der Waals surface area contributed by atoms with Crippen LogP contribution in [0.5, 0.6) is 0 Å². The van der Waals surface area contributed by atoms with E-state index in [1.54, 1.807) is 0 Å². The van der Waals surface area contributed by atoms with Crippen LogP contribution in [0.2, 0.25) is 0 Å². The molecule has 1 N–H and O–H groups in total. The van der Waals surface area contributed by atoms with Crippen LogP contribution in [0.25, 0.3) is 0 Å². The zero-order valence-electron chi connectivity index (χ0n) is 11.8. The first-order valence-electron chi connectivity index (χ1n) is 6.74. The monoisotopic (exact) mass is 248 g/mol. The fourth-order valence-corrected chi connectivity index (χ4v) is 2.73. The molecule has 1 aliphatic heterocycles. The Balaban J connectivity index is 2.27. The molecule has 1 aromatic rings. The van der Waals surface area contributed by atoms with Gasteiger partial charge in [0.25, 0.3) is 0 Å². The average Bonchev–Trinajstić information content (AvgIpc) is 2.35. The van der Waals surface area contributed by atoms with Gasteiger partial charge >= 0.3 is 0 Å². The minimum atomic E-state index is -0.411. The van der Waals surface area contributed by atoms with Crippen molar-refractivity contribution in [1.29, 1.82) is 0 Å². The van der Waals surface area contributed by atoms with Crippen LogP contribution in [0.1, 0.15) is 32.4 Å². The van der Waals surface area contributed by atoms with Gasteiger partial charge in [-0.15, -0.1) is 0 Å². The molecule has 3 atom stereocenters. The normalized spacial score (nSPS) is 27.3. The van der Waals surface area contributed by atoms with E-state index in [4.69, 9.17) is 0 Å². The Kier molecular flexibility index (Phi) is 3.93. The highest BCUT2D eigenvalue weighted by atomic mass is 16.3. The van der Waals surface area contributed by atoms with E-state index in [1.165, 1.54) is 5.69 Å². The second-order valence-corrected chi connectivity index (χ2v) is 5.50. The Morgan fingerprint density at radius 2 is 1.72 bits per heavy atom. The van der Waals surface area contributed by atoms with Crippen molar-refractivity contribution >= 4 is 5.69 Å². The van der Waals surface area contributed by atoms with Gasteiger partial charge in [0.15, 0.2) is 0 Å². The Labute approximate surface area is 110 Å². The summed E-state index contributed by atoms with van der Waals surface area (Å²) in [4.78, 5) is 4.82. The first-order valence-corrected chi connectivity index (χ1v) is 6.74. The van der Waals surface area contributed by atoms with E-state index in [0.717, 1.165) is 18.7 Å². The summed E-state index contributed by atoms with van der Waals surface area (Å²) in [6, 6.07) is 9.26. The first kappa shape index (κ1) is 13.4. The van der Waals surface area contributed by atoms with E-state index < -0.39 is 6.10 Å². The molecule has 100 valence electrons. The van der Waals surface area contributed by atoms with Crippen molar-refractivity contribution in [1.82, 2.24) is 4.90 Å². The van der Waals surface area contributed by atoms with Gasteiger partial charge in [0, 0.05) is 36.4 Å². The van der Waals surface area contributed by atoms with E-state index in [-0.39, 0.29) is 0 Å². The summed E-state index contributed by atoms with van der Waals surface area (Å²) < 4.78 is 0. The molecule has 0 radical (unpaired) electrons. The zero-order valence-corrected chi connectivity index (χ0v) is 11.8. The summed E-state index contributed by atoms with van der Waals surface area (Å²) in [5.41, 5.74) is 2.21. The van der Waals surface area contributed by atoms with E-state index >= 15 is 0 Å². The highest BCUT2D eigenvalue weighted by molar-refractivity contribution is 5.55. The van der Waals surface area contributed by atoms with Gasteiger partial charge in [0.1, 0.15) is 0 Å². The van der Waals surface area contributed by atoms with Gasteiger partial charge in [-0.1, -0.05) is 18.2 Å². The Bertz CT molecular complexity index is 393. The molecule has 1 heterocycles. The van der Waals surface area contributed by atoms with Crippen LogP contribution in [-0.4, -0.2) is 42.2 Å². The minimum Gasteiger partial charge on any atom is -0.389 e. The summed E-state index contributed by atoms with van der Waals surface area (Å²) in [6.45, 7) is 8.39. The SMILES string of the molecule is CC(O)c1ccccc1N1CC(C)N(C)C(C)C1. The summed E-state index contributed by atoms with van der Waals surface area (Å²) in [5.74, 6) is 0. The van der Waals surface area contributed by atoms with Gasteiger partial charge in [-0.3, -0.25) is 4.90 Å². The molecule has 1 aliphatic rings. The van der Waals surface area contributed by atoms with Crippen LogP contribution in [-0.2, 0) is 0 Å². The molecule has 0 amide bonds. The van der Waals surface area contributed by atoms with E-state index in [1.807, 2.05) is 19.1 Å². The quantitative estimate of drug-likeness (QED) is 0.870. The van der Waals surface area contributed by atoms with Crippen molar-refractivity contribution < 1.29 is 5.11 Å². The predicted molar refractivity (Wildman–Crippen MR) is 76.0 cm³/mol. The van der Waals surface area contributed by atoms with Crippen LogP contribution in [0.4, 0.5) is 5.69 Å². The molecule has 2 rings (SSSR count). The number of para-hydroxylation sites is 1. The van der Waals surface area contributed by atoms with Crippen LogP contribution in [0.15, 0.2) is 24.3 Å². The second-order valence-electron chi connectivity index (χ2n) is 5.50. The first-order chi connectivity index (χ1) is 8.50. The van der Waals surface area contributed by atoms with Gasteiger partial charge in [-0.25, -0.2) is 0 Å². The zero-order chi connectivity index (χ0) is 13.3. The highest BCUT2D eigenvalue weighted by Crippen LogP contribution is 2.28. The number of aliphatic hydroxyl groups excluding tert-OH is 1. The lowest BCUT2D eigenvalue weighted by Crippen LogP contribution is -2.55. The average molecular weight is 248 g/mol. The lowest BCUT2D eigenvalue weighted by atomic mass is 10.0. The third kappa shape index (κ3) is 2.52. The molecule has 0 spiro atoms. The topological polar surface area (TPSA) is 26.7 Å². The largest absolute Gasteiger partial charge is 0.389 e. The molecule has 0 saturated carbocycles. The van der Waals surface area contributed by atoms with Crippen molar-refractivity contribution in [2.75, 3.05) is 25.0 Å². The Hall–Kier alpha value is -1.06. The molecular formula is C15H24N2O. The fourth-order valence-electron chi connectivity index (χ4n) is 2.73. The van der Waals surface area contributed by atoms with Gasteiger partial charge in [-0.2, -0.15) is 0 Å². The fraction of sp³-hybridized carbons (Fsp3) is 0.600. The highest BCUT2D eigenvalue weighted by Gasteiger charge is 2.27. The van der Waals surface area contributed by atoms with Gasteiger partial charge in [0.05, 0.1) is 6.10 Å². The maximum absolute atomic E-state index is 9.88. The Morgan fingerprint density at radius 3 is 2.28 bits per heavy atom. The number of likely N-dealkylation sites (N-methyl/N-ethyl adjacent to an activating group) is 1. The maximum atomic E-state index is 9.88. The number of benzene rings is 1. The van der Waals surface area contributed by atoms with E-state index in [2.05, 4.69) is 42.8 Å². The number of anilines is 1. The number of hydrogen-bond acceptors (Lipinski definition) is 3. The number of nitrogens with zero attached hydrogens (tertiary/aromatic N) is 2. The standard InChI is InChI=1S/C15H24N2O/c1-11-9-17(10-12(2)16(11)4)15-8-6-5-7-14(15)13(3)18/h5-8,11-13,18H,9-10H2,1-4H3. The smallest absolute Gasteiger partial charge is 0.0781 e. The van der Waals surface area contributed by atoms with Crippen LogP contribution < -0.4 is 4.90 Å². The summed E-state index contributed by atoms with van der Waals surface area (Å²) in [5, 5.41) is 9.88. The molecule has 0 aliphatic carbocycles. The summed E-state index contributed by atoms with van der Waals surface area (Å²) in [6.07, 6.45) is -0.411.